The molecule has 0 aromatic carbocycles. The number of nitrogens with one attached hydrogen (secondary N) is 1. The number of carbonyl (C=O) groups is 1. The number of hydrogen-bond donors (Lipinski definition) is 2. The lowest BCUT2D eigenvalue weighted by molar-refractivity contribution is -0.136. The van der Waals surface area contributed by atoms with Gasteiger partial charge in [-0.05, 0) is 19.4 Å². The van der Waals surface area contributed by atoms with Crippen molar-refractivity contribution in [3.63, 3.8) is 0 Å². The summed E-state index contributed by atoms with van der Waals surface area (Å²) in [6.07, 6.45) is 10.5. The van der Waals surface area contributed by atoms with E-state index < -0.39 is 11.5 Å². The highest BCUT2D eigenvalue weighted by Gasteiger charge is 2.11. The molecular formula is C16H17N3O3. The fourth-order valence-corrected chi connectivity index (χ4v) is 1.95. The number of H-pyrrole nitrogens is 1. The first-order chi connectivity index (χ1) is 10.5. The summed E-state index contributed by atoms with van der Waals surface area (Å²) in [4.78, 5) is 27.0. The second-order valence-corrected chi connectivity index (χ2v) is 4.78. The second-order valence-electron chi connectivity index (χ2n) is 4.78. The molecule has 2 aromatic heterocycles. The van der Waals surface area contributed by atoms with Crippen LogP contribution in [0.5, 0.6) is 0 Å². The number of aliphatic carboxylic acids is 1. The molecule has 0 saturated carbocycles. The van der Waals surface area contributed by atoms with Crippen LogP contribution in [-0.4, -0.2) is 25.7 Å². The number of hydrogen-bond acceptors (Lipinski definition) is 3. The van der Waals surface area contributed by atoms with Gasteiger partial charge in [-0.15, -0.1) is 0 Å². The molecular weight excluding hydrogens is 282 g/mol. The van der Waals surface area contributed by atoms with Gasteiger partial charge in [0.15, 0.2) is 5.65 Å². The third kappa shape index (κ3) is 3.41. The molecule has 6 heteroatoms. The average Bonchev–Trinajstić information content (AvgIpc) is 2.91. The van der Waals surface area contributed by atoms with Crippen LogP contribution >= 0.6 is 0 Å². The Labute approximate surface area is 127 Å². The van der Waals surface area contributed by atoms with Crippen molar-refractivity contribution in [1.29, 1.82) is 0 Å². The summed E-state index contributed by atoms with van der Waals surface area (Å²) in [5, 5.41) is 11.7. The topological polar surface area (TPSA) is 87.5 Å². The molecule has 0 amide bonds. The van der Waals surface area contributed by atoms with Crippen LogP contribution in [0.1, 0.15) is 25.1 Å². The minimum absolute atomic E-state index is 0.146. The molecule has 0 aliphatic heterocycles. The molecule has 6 nitrogen and oxygen atoms in total. The number of rotatable bonds is 5. The van der Waals surface area contributed by atoms with Crippen LogP contribution in [0.15, 0.2) is 47.4 Å². The van der Waals surface area contributed by atoms with Gasteiger partial charge in [0.1, 0.15) is 0 Å². The highest BCUT2D eigenvalue weighted by atomic mass is 16.4. The first-order valence-electron chi connectivity index (χ1n) is 6.81. The molecule has 2 N–H and O–H groups in total. The Morgan fingerprint density at radius 3 is 2.86 bits per heavy atom. The number of fused-ring (bicyclic) bond motifs is 1. The Kier molecular flexibility index (Phi) is 4.73. The zero-order valence-corrected chi connectivity index (χ0v) is 12.4. The Morgan fingerprint density at radius 2 is 2.18 bits per heavy atom. The molecule has 0 aliphatic rings. The number of aromatic amines is 1. The Bertz CT molecular complexity index is 838. The number of aromatic nitrogens is 3. The lowest BCUT2D eigenvalue weighted by atomic mass is 10.2. The zero-order chi connectivity index (χ0) is 16.1. The van der Waals surface area contributed by atoms with Crippen LogP contribution in [0.2, 0.25) is 0 Å². The fourth-order valence-electron chi connectivity index (χ4n) is 1.95. The first kappa shape index (κ1) is 15.5. The van der Waals surface area contributed by atoms with E-state index in [-0.39, 0.29) is 12.0 Å². The summed E-state index contributed by atoms with van der Waals surface area (Å²) in [6, 6.07) is 1.75. The predicted octanol–water partition coefficient (Wildman–Crippen LogP) is 2.19. The smallest absolute Gasteiger partial charge is 0.308 e. The number of carboxylic acid groups (broad SMARTS) is 1. The van der Waals surface area contributed by atoms with Crippen LogP contribution in [0, 0.1) is 0 Å². The minimum atomic E-state index is -1.06. The minimum Gasteiger partial charge on any atom is -0.481 e. The van der Waals surface area contributed by atoms with Gasteiger partial charge in [-0.3, -0.25) is 14.7 Å². The maximum Gasteiger partial charge on any atom is 0.308 e. The van der Waals surface area contributed by atoms with Gasteiger partial charge < -0.3 is 5.11 Å². The van der Waals surface area contributed by atoms with E-state index in [1.165, 1.54) is 10.7 Å². The Morgan fingerprint density at radius 1 is 1.41 bits per heavy atom. The van der Waals surface area contributed by atoms with Crippen molar-refractivity contribution in [2.45, 2.75) is 20.3 Å². The van der Waals surface area contributed by atoms with Gasteiger partial charge in [-0.1, -0.05) is 30.4 Å². The summed E-state index contributed by atoms with van der Waals surface area (Å²) in [5.74, 6) is -1.06. The lowest BCUT2D eigenvalue weighted by Gasteiger charge is -1.97. The van der Waals surface area contributed by atoms with E-state index in [1.54, 1.807) is 6.07 Å². The molecule has 2 rings (SSSR count). The Hall–Kier alpha value is -2.89. The van der Waals surface area contributed by atoms with Gasteiger partial charge in [0.05, 0.1) is 12.1 Å². The SMILES string of the molecule is C\C=C/C=C\C=C(/C)c1cc2ncc(CC(=O)O)c(=O)n2[nH]1. The second kappa shape index (κ2) is 6.71. The van der Waals surface area contributed by atoms with E-state index in [2.05, 4.69) is 10.1 Å². The first-order valence-corrected chi connectivity index (χ1v) is 6.81. The van der Waals surface area contributed by atoms with Gasteiger partial charge in [-0.2, -0.15) is 0 Å². The van der Waals surface area contributed by atoms with E-state index in [4.69, 9.17) is 5.11 Å². The highest BCUT2D eigenvalue weighted by molar-refractivity contribution is 5.70. The summed E-state index contributed by atoms with van der Waals surface area (Å²) < 4.78 is 1.26. The molecule has 0 aliphatic carbocycles. The number of carboxylic acids is 1. The van der Waals surface area contributed by atoms with Gasteiger partial charge >= 0.3 is 5.97 Å². The van der Waals surface area contributed by atoms with Crippen LogP contribution in [0.25, 0.3) is 11.2 Å². The number of allylic oxidation sites excluding steroid dienone is 6. The van der Waals surface area contributed by atoms with Crippen molar-refractivity contribution in [2.75, 3.05) is 0 Å². The van der Waals surface area contributed by atoms with E-state index in [0.717, 1.165) is 11.3 Å². The summed E-state index contributed by atoms with van der Waals surface area (Å²) in [5.41, 5.74) is 1.90. The van der Waals surface area contributed by atoms with Crippen molar-refractivity contribution in [1.82, 2.24) is 14.6 Å². The largest absolute Gasteiger partial charge is 0.481 e. The third-order valence-electron chi connectivity index (χ3n) is 3.09. The van der Waals surface area contributed by atoms with Crippen LogP contribution < -0.4 is 5.56 Å². The van der Waals surface area contributed by atoms with Crippen LogP contribution in [0.4, 0.5) is 0 Å². The molecule has 114 valence electrons. The molecule has 0 bridgehead atoms. The fraction of sp³-hybridized carbons (Fsp3) is 0.188. The molecule has 0 radical (unpaired) electrons. The predicted molar refractivity (Wildman–Crippen MR) is 84.8 cm³/mol. The van der Waals surface area contributed by atoms with Gasteiger partial charge in [0.25, 0.3) is 5.56 Å². The molecule has 0 fully saturated rings. The van der Waals surface area contributed by atoms with E-state index >= 15 is 0 Å². The van der Waals surface area contributed by atoms with Gasteiger partial charge in [0.2, 0.25) is 0 Å². The van der Waals surface area contributed by atoms with E-state index in [0.29, 0.717) is 5.65 Å². The van der Waals surface area contributed by atoms with Crippen molar-refractivity contribution >= 4 is 17.2 Å². The summed E-state index contributed by atoms with van der Waals surface area (Å²) in [7, 11) is 0. The molecule has 0 saturated heterocycles. The molecule has 0 spiro atoms. The quantitative estimate of drug-likeness (QED) is 0.828. The molecule has 0 unspecified atom stereocenters. The van der Waals surface area contributed by atoms with Crippen molar-refractivity contribution in [3.8, 4) is 0 Å². The zero-order valence-electron chi connectivity index (χ0n) is 12.4. The molecule has 2 aromatic rings. The summed E-state index contributed by atoms with van der Waals surface area (Å²) >= 11 is 0. The highest BCUT2D eigenvalue weighted by Crippen LogP contribution is 2.13. The van der Waals surface area contributed by atoms with Gasteiger partial charge in [0, 0.05) is 17.8 Å². The summed E-state index contributed by atoms with van der Waals surface area (Å²) in [6.45, 7) is 3.85. The normalized spacial score (nSPS) is 12.7. The molecule has 22 heavy (non-hydrogen) atoms. The third-order valence-corrected chi connectivity index (χ3v) is 3.09. The number of nitrogens with zero attached hydrogens (tertiary/aromatic N) is 2. The maximum atomic E-state index is 12.2. The van der Waals surface area contributed by atoms with Crippen molar-refractivity contribution in [3.05, 3.63) is 64.3 Å². The van der Waals surface area contributed by atoms with E-state index in [9.17, 15) is 9.59 Å². The molecule has 0 atom stereocenters. The van der Waals surface area contributed by atoms with Gasteiger partial charge in [-0.25, -0.2) is 9.50 Å². The van der Waals surface area contributed by atoms with Crippen molar-refractivity contribution < 1.29 is 9.90 Å². The van der Waals surface area contributed by atoms with Crippen molar-refractivity contribution in [2.24, 2.45) is 0 Å². The van der Waals surface area contributed by atoms with E-state index in [1.807, 2.05) is 44.2 Å². The van der Waals surface area contributed by atoms with Crippen LogP contribution in [0.3, 0.4) is 0 Å². The Balaban J connectivity index is 2.40. The maximum absolute atomic E-state index is 12.2. The standard InChI is InChI=1S/C16H17N3O3/c1-3-4-5-6-7-11(2)13-9-14-17-10-12(8-15(20)21)16(22)19(14)18-13/h3-7,9-10,18H,8H2,1-2H3,(H,20,21)/b4-3-,6-5-,11-7+. The lowest BCUT2D eigenvalue weighted by Crippen LogP contribution is -2.21. The molecule has 2 heterocycles. The van der Waals surface area contributed by atoms with Crippen LogP contribution in [-0.2, 0) is 11.2 Å². The monoisotopic (exact) mass is 299 g/mol. The average molecular weight is 299 g/mol.